The highest BCUT2D eigenvalue weighted by Crippen LogP contribution is 2.37. The molecule has 5 nitrogen and oxygen atoms in total. The highest BCUT2D eigenvalue weighted by Gasteiger charge is 2.33. The summed E-state index contributed by atoms with van der Waals surface area (Å²) in [5, 5.41) is 2.92. The third kappa shape index (κ3) is 2.97. The van der Waals surface area contributed by atoms with Gasteiger partial charge >= 0.3 is 0 Å². The number of hydrogen-bond donors (Lipinski definition) is 1. The second kappa shape index (κ2) is 5.57. The van der Waals surface area contributed by atoms with Crippen LogP contribution in [0, 0.1) is 18.8 Å². The smallest absolute Gasteiger partial charge is 0.235 e. The van der Waals surface area contributed by atoms with Crippen molar-refractivity contribution in [3.63, 3.8) is 0 Å². The molecule has 1 aromatic carbocycles. The Balaban J connectivity index is 1.82. The number of carbonyl (C=O) groups is 1. The molecule has 1 N–H and O–H groups in total. The molecule has 1 heterocycles. The molecule has 1 aliphatic carbocycles. The minimum atomic E-state index is -3.21. The van der Waals surface area contributed by atoms with Crippen LogP contribution in [0.5, 0.6) is 0 Å². The van der Waals surface area contributed by atoms with E-state index in [1.54, 1.807) is 6.07 Å². The lowest BCUT2D eigenvalue weighted by molar-refractivity contribution is -0.119. The monoisotopic (exact) mass is 322 g/mol. The number of rotatable bonds is 4. The summed E-state index contributed by atoms with van der Waals surface area (Å²) in [4.78, 5) is 12.2. The maximum absolute atomic E-state index is 12.2. The molecule has 2 fully saturated rings. The molecule has 1 saturated carbocycles. The van der Waals surface area contributed by atoms with Gasteiger partial charge in [0.25, 0.3) is 0 Å². The van der Waals surface area contributed by atoms with Gasteiger partial charge in [0.2, 0.25) is 15.9 Å². The summed E-state index contributed by atoms with van der Waals surface area (Å²) in [7, 11) is -3.21. The Morgan fingerprint density at radius 3 is 2.68 bits per heavy atom. The van der Waals surface area contributed by atoms with Crippen LogP contribution >= 0.6 is 0 Å². The molecular formula is C16H22N2O3S. The van der Waals surface area contributed by atoms with Crippen LogP contribution in [0.1, 0.15) is 31.7 Å². The minimum Gasteiger partial charge on any atom is -0.326 e. The van der Waals surface area contributed by atoms with Crippen molar-refractivity contribution in [1.29, 1.82) is 0 Å². The van der Waals surface area contributed by atoms with Crippen LogP contribution in [0.15, 0.2) is 18.2 Å². The number of benzene rings is 1. The van der Waals surface area contributed by atoms with E-state index in [0.29, 0.717) is 30.3 Å². The van der Waals surface area contributed by atoms with Crippen LogP contribution < -0.4 is 9.62 Å². The van der Waals surface area contributed by atoms with Gasteiger partial charge in [-0.3, -0.25) is 9.10 Å². The van der Waals surface area contributed by atoms with Crippen molar-refractivity contribution in [3.05, 3.63) is 23.8 Å². The summed E-state index contributed by atoms with van der Waals surface area (Å²) in [6.07, 6.45) is 2.90. The first-order valence-corrected chi connectivity index (χ1v) is 9.41. The molecule has 0 bridgehead atoms. The molecule has 6 heteroatoms. The number of amides is 1. The predicted octanol–water partition coefficient (Wildman–Crippen LogP) is 2.52. The topological polar surface area (TPSA) is 66.5 Å². The predicted molar refractivity (Wildman–Crippen MR) is 87.4 cm³/mol. The average Bonchev–Trinajstić information content (AvgIpc) is 3.24. The van der Waals surface area contributed by atoms with Crippen LogP contribution in [-0.4, -0.2) is 26.6 Å². The third-order valence-corrected chi connectivity index (χ3v) is 6.44. The van der Waals surface area contributed by atoms with Gasteiger partial charge in [0.05, 0.1) is 11.4 Å². The van der Waals surface area contributed by atoms with E-state index < -0.39 is 10.0 Å². The molecule has 1 atom stereocenters. The van der Waals surface area contributed by atoms with Gasteiger partial charge in [-0.15, -0.1) is 0 Å². The Bertz CT molecular complexity index is 695. The van der Waals surface area contributed by atoms with Gasteiger partial charge in [0, 0.05) is 18.2 Å². The highest BCUT2D eigenvalue weighted by atomic mass is 32.2. The van der Waals surface area contributed by atoms with Crippen molar-refractivity contribution in [3.8, 4) is 0 Å². The number of nitrogens with zero attached hydrogens (tertiary/aromatic N) is 1. The van der Waals surface area contributed by atoms with Crippen molar-refractivity contribution in [2.75, 3.05) is 21.9 Å². The molecule has 1 aromatic rings. The SMILES string of the molecule is Cc1ccc(NC(=O)C(C)C2CC2)cc1N1CCCS1(=O)=O. The number of anilines is 2. The molecule has 1 aliphatic heterocycles. The Morgan fingerprint density at radius 1 is 1.36 bits per heavy atom. The number of aryl methyl sites for hydroxylation is 1. The van der Waals surface area contributed by atoms with Crippen LogP contribution in [0.25, 0.3) is 0 Å². The van der Waals surface area contributed by atoms with Crippen molar-refractivity contribution in [1.82, 2.24) is 0 Å². The Morgan fingerprint density at radius 2 is 2.09 bits per heavy atom. The highest BCUT2D eigenvalue weighted by molar-refractivity contribution is 7.93. The Labute approximate surface area is 131 Å². The zero-order valence-corrected chi connectivity index (χ0v) is 13.8. The van der Waals surface area contributed by atoms with E-state index in [4.69, 9.17) is 0 Å². The van der Waals surface area contributed by atoms with E-state index in [1.807, 2.05) is 26.0 Å². The van der Waals surface area contributed by atoms with Crippen molar-refractivity contribution in [2.24, 2.45) is 11.8 Å². The Hall–Kier alpha value is -1.56. The minimum absolute atomic E-state index is 0.0141. The first-order chi connectivity index (χ1) is 10.4. The molecule has 1 amide bonds. The zero-order chi connectivity index (χ0) is 15.9. The molecule has 22 heavy (non-hydrogen) atoms. The van der Waals surface area contributed by atoms with Crippen molar-refractivity contribution in [2.45, 2.75) is 33.1 Å². The number of hydrogen-bond acceptors (Lipinski definition) is 3. The zero-order valence-electron chi connectivity index (χ0n) is 13.0. The average molecular weight is 322 g/mol. The fraction of sp³-hybridized carbons (Fsp3) is 0.562. The lowest BCUT2D eigenvalue weighted by Crippen LogP contribution is -2.26. The van der Waals surface area contributed by atoms with E-state index in [-0.39, 0.29) is 17.6 Å². The first kappa shape index (κ1) is 15.3. The first-order valence-electron chi connectivity index (χ1n) is 7.80. The molecule has 120 valence electrons. The molecule has 1 unspecified atom stereocenters. The van der Waals surface area contributed by atoms with Gasteiger partial charge in [0.1, 0.15) is 0 Å². The lowest BCUT2D eigenvalue weighted by Gasteiger charge is -2.20. The third-order valence-electron chi connectivity index (χ3n) is 4.59. The summed E-state index contributed by atoms with van der Waals surface area (Å²) in [5.41, 5.74) is 2.24. The fourth-order valence-corrected chi connectivity index (χ4v) is 4.55. The lowest BCUT2D eigenvalue weighted by atomic mass is 10.1. The number of nitrogens with one attached hydrogen (secondary N) is 1. The van der Waals surface area contributed by atoms with E-state index in [9.17, 15) is 13.2 Å². The fourth-order valence-electron chi connectivity index (χ4n) is 2.93. The molecule has 1 saturated heterocycles. The summed E-state index contributed by atoms with van der Waals surface area (Å²) in [6.45, 7) is 4.35. The quantitative estimate of drug-likeness (QED) is 0.926. The molecule has 0 aromatic heterocycles. The summed E-state index contributed by atoms with van der Waals surface area (Å²) in [5.74, 6) is 0.729. The summed E-state index contributed by atoms with van der Waals surface area (Å²) < 4.78 is 25.6. The van der Waals surface area contributed by atoms with E-state index in [0.717, 1.165) is 18.4 Å². The summed E-state index contributed by atoms with van der Waals surface area (Å²) in [6, 6.07) is 5.47. The normalized spacial score (nSPS) is 21.6. The van der Waals surface area contributed by atoms with Crippen LogP contribution in [0.2, 0.25) is 0 Å². The Kier molecular flexibility index (Phi) is 3.89. The van der Waals surface area contributed by atoms with Gasteiger partial charge < -0.3 is 5.32 Å². The van der Waals surface area contributed by atoms with Gasteiger partial charge in [-0.05, 0) is 49.8 Å². The maximum Gasteiger partial charge on any atom is 0.235 e. The van der Waals surface area contributed by atoms with Gasteiger partial charge in [-0.1, -0.05) is 13.0 Å². The van der Waals surface area contributed by atoms with Crippen LogP contribution in [0.3, 0.4) is 0 Å². The summed E-state index contributed by atoms with van der Waals surface area (Å²) >= 11 is 0. The molecule has 2 aliphatic rings. The van der Waals surface area contributed by atoms with E-state index in [2.05, 4.69) is 5.32 Å². The standard InChI is InChI=1S/C16H22N2O3S/c1-11-4-7-14(17-16(19)12(2)13-5-6-13)10-15(11)18-8-3-9-22(18,20)21/h4,7,10,12-13H,3,5-6,8-9H2,1-2H3,(H,17,19). The van der Waals surface area contributed by atoms with E-state index >= 15 is 0 Å². The van der Waals surface area contributed by atoms with Gasteiger partial charge in [-0.25, -0.2) is 8.42 Å². The molecular weight excluding hydrogens is 300 g/mol. The second-order valence-electron chi connectivity index (χ2n) is 6.36. The maximum atomic E-state index is 12.2. The number of sulfonamides is 1. The molecule has 3 rings (SSSR count). The van der Waals surface area contributed by atoms with Crippen LogP contribution in [-0.2, 0) is 14.8 Å². The van der Waals surface area contributed by atoms with Crippen molar-refractivity contribution < 1.29 is 13.2 Å². The molecule has 0 radical (unpaired) electrons. The second-order valence-corrected chi connectivity index (χ2v) is 8.37. The number of carbonyl (C=O) groups excluding carboxylic acids is 1. The largest absolute Gasteiger partial charge is 0.326 e. The van der Waals surface area contributed by atoms with Gasteiger partial charge in [-0.2, -0.15) is 0 Å². The van der Waals surface area contributed by atoms with Gasteiger partial charge in [0.15, 0.2) is 0 Å². The van der Waals surface area contributed by atoms with Crippen molar-refractivity contribution >= 4 is 27.3 Å². The molecule has 0 spiro atoms. The van der Waals surface area contributed by atoms with Crippen LogP contribution in [0.4, 0.5) is 11.4 Å². The van der Waals surface area contributed by atoms with E-state index in [1.165, 1.54) is 4.31 Å².